The van der Waals surface area contributed by atoms with Crippen LogP contribution in [0.25, 0.3) is 0 Å². The number of fused-ring (bicyclic) bond motifs is 1. The number of hydrogen-bond acceptors (Lipinski definition) is 3. The summed E-state index contributed by atoms with van der Waals surface area (Å²) >= 11 is 3.24. The quantitative estimate of drug-likeness (QED) is 0.687. The van der Waals surface area contributed by atoms with Gasteiger partial charge in [-0.1, -0.05) is 6.07 Å². The summed E-state index contributed by atoms with van der Waals surface area (Å²) in [5.41, 5.74) is 1.56. The van der Waals surface area contributed by atoms with Crippen molar-refractivity contribution in [2.45, 2.75) is 19.3 Å². The molecular formula is C8H8BrNO2. The van der Waals surface area contributed by atoms with Gasteiger partial charge in [-0.25, -0.2) is 4.98 Å². The van der Waals surface area contributed by atoms with Gasteiger partial charge in [0.15, 0.2) is 0 Å². The largest absolute Gasteiger partial charge is 0.361 e. The Hall–Kier alpha value is -0.450. The van der Waals surface area contributed by atoms with Gasteiger partial charge in [-0.05, 0) is 28.9 Å². The molecule has 1 aromatic heterocycles. The summed E-state index contributed by atoms with van der Waals surface area (Å²) in [6, 6.07) is 3.73. The normalized spacial score (nSPS) is 27.2. The predicted molar refractivity (Wildman–Crippen MR) is 46.3 cm³/mol. The lowest BCUT2D eigenvalue weighted by Gasteiger charge is -2.15. The van der Waals surface area contributed by atoms with Crippen LogP contribution in [0.15, 0.2) is 16.7 Å². The monoisotopic (exact) mass is 229 g/mol. The number of ether oxygens (including phenoxy) is 1. The zero-order valence-electron chi connectivity index (χ0n) is 6.54. The fraction of sp³-hybridized carbons (Fsp3) is 0.375. The zero-order chi connectivity index (χ0) is 8.77. The van der Waals surface area contributed by atoms with Gasteiger partial charge in [0.1, 0.15) is 10.3 Å². The Kier molecular flexibility index (Phi) is 1.71. The minimum Gasteiger partial charge on any atom is -0.361 e. The molecule has 0 aliphatic carbocycles. The topological polar surface area (TPSA) is 42.4 Å². The minimum atomic E-state index is -1.22. The number of aromatic nitrogens is 1. The van der Waals surface area contributed by atoms with Gasteiger partial charge >= 0.3 is 0 Å². The van der Waals surface area contributed by atoms with Gasteiger partial charge in [0.05, 0.1) is 6.61 Å². The van der Waals surface area contributed by atoms with Crippen LogP contribution in [0.4, 0.5) is 0 Å². The first kappa shape index (κ1) is 8.16. The van der Waals surface area contributed by atoms with Gasteiger partial charge in [0.2, 0.25) is 5.79 Å². The summed E-state index contributed by atoms with van der Waals surface area (Å²) in [5, 5.41) is 9.67. The summed E-state index contributed by atoms with van der Waals surface area (Å²) in [4.78, 5) is 4.15. The lowest BCUT2D eigenvalue weighted by Crippen LogP contribution is -2.20. The van der Waals surface area contributed by atoms with Crippen LogP contribution in [0.1, 0.15) is 18.2 Å². The maximum atomic E-state index is 9.67. The van der Waals surface area contributed by atoms with Crippen molar-refractivity contribution in [3.63, 3.8) is 0 Å². The molecule has 1 aliphatic heterocycles. The maximum Gasteiger partial charge on any atom is 0.207 e. The van der Waals surface area contributed by atoms with E-state index in [-0.39, 0.29) is 0 Å². The second-order valence-corrected chi connectivity index (χ2v) is 3.73. The molecular weight excluding hydrogens is 222 g/mol. The number of aliphatic hydroxyl groups is 1. The molecule has 4 heteroatoms. The van der Waals surface area contributed by atoms with E-state index in [0.29, 0.717) is 16.9 Å². The molecule has 2 rings (SSSR count). The van der Waals surface area contributed by atoms with Gasteiger partial charge in [0, 0.05) is 5.56 Å². The molecule has 0 amide bonds. The molecule has 0 fully saturated rings. The minimum absolute atomic E-state index is 0.433. The van der Waals surface area contributed by atoms with Gasteiger partial charge in [-0.3, -0.25) is 0 Å². The Balaban J connectivity index is 2.57. The smallest absolute Gasteiger partial charge is 0.207 e. The standard InChI is InChI=1S/C8H8BrNO2/c1-8(11)7-5(4-12-8)2-3-6(9)10-7/h2-3,11H,4H2,1H3. The SMILES string of the molecule is CC1(O)OCc2ccc(Br)nc21. The molecule has 1 aliphatic rings. The van der Waals surface area contributed by atoms with Gasteiger partial charge in [-0.2, -0.15) is 0 Å². The van der Waals surface area contributed by atoms with Gasteiger partial charge in [0.25, 0.3) is 0 Å². The summed E-state index contributed by atoms with van der Waals surface area (Å²) in [5.74, 6) is -1.22. The molecule has 0 spiro atoms. The highest BCUT2D eigenvalue weighted by molar-refractivity contribution is 9.10. The van der Waals surface area contributed by atoms with E-state index in [9.17, 15) is 5.11 Å². The molecule has 0 bridgehead atoms. The third-order valence-corrected chi connectivity index (χ3v) is 2.33. The van der Waals surface area contributed by atoms with Crippen molar-refractivity contribution in [2.75, 3.05) is 0 Å². The van der Waals surface area contributed by atoms with Crippen LogP contribution in [0.5, 0.6) is 0 Å². The second kappa shape index (κ2) is 2.52. The van der Waals surface area contributed by atoms with Gasteiger partial charge in [-0.15, -0.1) is 0 Å². The highest BCUT2D eigenvalue weighted by atomic mass is 79.9. The van der Waals surface area contributed by atoms with Crippen LogP contribution < -0.4 is 0 Å². The van der Waals surface area contributed by atoms with E-state index in [0.717, 1.165) is 5.56 Å². The maximum absolute atomic E-state index is 9.67. The molecule has 1 N–H and O–H groups in total. The molecule has 12 heavy (non-hydrogen) atoms. The van der Waals surface area contributed by atoms with Crippen molar-refractivity contribution >= 4 is 15.9 Å². The number of rotatable bonds is 0. The molecule has 1 atom stereocenters. The Bertz CT molecular complexity index is 325. The summed E-state index contributed by atoms with van der Waals surface area (Å²) < 4.78 is 5.85. The summed E-state index contributed by atoms with van der Waals surface area (Å²) in [6.07, 6.45) is 0. The average Bonchev–Trinajstić information content (AvgIpc) is 2.28. The van der Waals surface area contributed by atoms with Crippen LogP contribution in [0.2, 0.25) is 0 Å². The van der Waals surface area contributed by atoms with E-state index in [1.165, 1.54) is 0 Å². The summed E-state index contributed by atoms with van der Waals surface area (Å²) in [6.45, 7) is 2.03. The molecule has 3 nitrogen and oxygen atoms in total. The summed E-state index contributed by atoms with van der Waals surface area (Å²) in [7, 11) is 0. The molecule has 0 aromatic carbocycles. The third kappa shape index (κ3) is 1.16. The molecule has 2 heterocycles. The molecule has 0 radical (unpaired) electrons. The molecule has 1 unspecified atom stereocenters. The van der Waals surface area contributed by atoms with Crippen molar-refractivity contribution in [2.24, 2.45) is 0 Å². The first-order valence-electron chi connectivity index (χ1n) is 3.62. The van der Waals surface area contributed by atoms with Crippen molar-refractivity contribution in [1.29, 1.82) is 0 Å². The Morgan fingerprint density at radius 2 is 2.42 bits per heavy atom. The van der Waals surface area contributed by atoms with Crippen molar-refractivity contribution in [1.82, 2.24) is 4.98 Å². The first-order valence-corrected chi connectivity index (χ1v) is 4.41. The van der Waals surface area contributed by atoms with Crippen molar-refractivity contribution in [3.8, 4) is 0 Å². The van der Waals surface area contributed by atoms with Crippen LogP contribution in [-0.2, 0) is 17.1 Å². The van der Waals surface area contributed by atoms with Crippen LogP contribution >= 0.6 is 15.9 Å². The lowest BCUT2D eigenvalue weighted by atomic mass is 10.1. The van der Waals surface area contributed by atoms with Crippen molar-refractivity contribution in [3.05, 3.63) is 28.0 Å². The molecule has 64 valence electrons. The van der Waals surface area contributed by atoms with Crippen LogP contribution in [0, 0.1) is 0 Å². The number of pyridine rings is 1. The van der Waals surface area contributed by atoms with Gasteiger partial charge < -0.3 is 9.84 Å². The van der Waals surface area contributed by atoms with E-state index in [1.807, 2.05) is 12.1 Å². The molecule has 0 saturated carbocycles. The highest BCUT2D eigenvalue weighted by Gasteiger charge is 2.34. The van der Waals surface area contributed by atoms with Crippen LogP contribution in [0.3, 0.4) is 0 Å². The van der Waals surface area contributed by atoms with Crippen LogP contribution in [-0.4, -0.2) is 10.1 Å². The number of nitrogens with zero attached hydrogens (tertiary/aromatic N) is 1. The van der Waals surface area contributed by atoms with E-state index in [4.69, 9.17) is 4.74 Å². The average molecular weight is 230 g/mol. The molecule has 0 saturated heterocycles. The third-order valence-electron chi connectivity index (χ3n) is 1.89. The first-order chi connectivity index (χ1) is 5.59. The van der Waals surface area contributed by atoms with E-state index >= 15 is 0 Å². The fourth-order valence-corrected chi connectivity index (χ4v) is 1.58. The number of halogens is 1. The Morgan fingerprint density at radius 1 is 1.67 bits per heavy atom. The molecule has 1 aromatic rings. The van der Waals surface area contributed by atoms with E-state index < -0.39 is 5.79 Å². The highest BCUT2D eigenvalue weighted by Crippen LogP contribution is 2.32. The second-order valence-electron chi connectivity index (χ2n) is 2.91. The Morgan fingerprint density at radius 3 is 3.17 bits per heavy atom. The predicted octanol–water partition coefficient (Wildman–Crippen LogP) is 1.54. The van der Waals surface area contributed by atoms with E-state index in [2.05, 4.69) is 20.9 Å². The lowest BCUT2D eigenvalue weighted by molar-refractivity contribution is -0.190. The Labute approximate surface area is 78.5 Å². The number of hydrogen-bond donors (Lipinski definition) is 1. The van der Waals surface area contributed by atoms with E-state index in [1.54, 1.807) is 6.92 Å². The zero-order valence-corrected chi connectivity index (χ0v) is 8.13. The fourth-order valence-electron chi connectivity index (χ4n) is 1.27. The van der Waals surface area contributed by atoms with Crippen molar-refractivity contribution < 1.29 is 9.84 Å².